The number of hydrogen-bond donors (Lipinski definition) is 1. The van der Waals surface area contributed by atoms with Crippen LogP contribution in [0, 0.1) is 17.0 Å². The molecular weight excluding hydrogens is 358 g/mol. The summed E-state index contributed by atoms with van der Waals surface area (Å²) in [5, 5.41) is 11.0. The number of sulfonamides is 1. The first-order valence-corrected chi connectivity index (χ1v) is 9.65. The Kier molecular flexibility index (Phi) is 5.14. The number of rotatable bonds is 5. The lowest BCUT2D eigenvalue weighted by atomic mass is 10.1. The maximum atomic E-state index is 12.7. The van der Waals surface area contributed by atoms with Crippen LogP contribution in [0.3, 0.4) is 0 Å². The summed E-state index contributed by atoms with van der Waals surface area (Å²) in [6, 6.07) is 5.57. The highest BCUT2D eigenvalue weighted by molar-refractivity contribution is 7.89. The van der Waals surface area contributed by atoms with Crippen molar-refractivity contribution in [2.24, 2.45) is 0 Å². The van der Waals surface area contributed by atoms with Gasteiger partial charge in [0.05, 0.1) is 9.82 Å². The highest BCUT2D eigenvalue weighted by atomic mass is 32.2. The predicted octanol–water partition coefficient (Wildman–Crippen LogP) is 1.64. The third-order valence-corrected chi connectivity index (χ3v) is 6.06. The van der Waals surface area contributed by atoms with Gasteiger partial charge in [-0.3, -0.25) is 10.1 Å². The summed E-state index contributed by atoms with van der Waals surface area (Å²) in [4.78, 5) is 20.8. The largest absolute Gasteiger partial charge is 0.341 e. The molecule has 1 fully saturated rings. The molecule has 1 aromatic carbocycles. The third-order valence-electron chi connectivity index (χ3n) is 4.39. The minimum absolute atomic E-state index is 0.0551. The fourth-order valence-electron chi connectivity index (χ4n) is 3.03. The fraction of sp³-hybridized carbons (Fsp3) is 0.375. The molecule has 1 aliphatic rings. The van der Waals surface area contributed by atoms with E-state index in [2.05, 4.69) is 14.7 Å². The Balaban J connectivity index is 1.70. The molecule has 26 heavy (non-hydrogen) atoms. The van der Waals surface area contributed by atoms with E-state index in [1.807, 2.05) is 4.90 Å². The summed E-state index contributed by atoms with van der Waals surface area (Å²) in [7, 11) is -3.83. The average molecular weight is 377 g/mol. The molecule has 1 saturated heterocycles. The van der Waals surface area contributed by atoms with Gasteiger partial charge in [0.25, 0.3) is 5.69 Å². The van der Waals surface area contributed by atoms with Gasteiger partial charge in [0.15, 0.2) is 0 Å². The van der Waals surface area contributed by atoms with Crippen molar-refractivity contribution in [1.82, 2.24) is 14.7 Å². The van der Waals surface area contributed by atoms with Gasteiger partial charge >= 0.3 is 0 Å². The number of nitrogens with zero attached hydrogens (tertiary/aromatic N) is 4. The Labute approximate surface area is 151 Å². The summed E-state index contributed by atoms with van der Waals surface area (Å²) >= 11 is 0. The number of piperidine rings is 1. The lowest BCUT2D eigenvalue weighted by Crippen LogP contribution is -2.45. The van der Waals surface area contributed by atoms with E-state index in [-0.39, 0.29) is 22.2 Å². The summed E-state index contributed by atoms with van der Waals surface area (Å²) in [6.45, 7) is 2.71. The SMILES string of the molecule is Cc1c([N+](=O)[O-])cccc1S(=O)(=O)NC1CCN(c2ncccn2)CC1. The molecule has 1 aromatic heterocycles. The summed E-state index contributed by atoms with van der Waals surface area (Å²) in [5.74, 6) is 0.628. The van der Waals surface area contributed by atoms with Crippen LogP contribution in [0.2, 0.25) is 0 Å². The predicted molar refractivity (Wildman–Crippen MR) is 95.4 cm³/mol. The van der Waals surface area contributed by atoms with Gasteiger partial charge in [-0.25, -0.2) is 23.1 Å². The van der Waals surface area contributed by atoms with Gasteiger partial charge in [0, 0.05) is 43.2 Å². The molecule has 0 atom stereocenters. The molecule has 0 saturated carbocycles. The van der Waals surface area contributed by atoms with E-state index in [4.69, 9.17) is 0 Å². The third kappa shape index (κ3) is 3.81. The standard InChI is InChI=1S/C16H19N5O4S/c1-12-14(21(22)23)4-2-5-15(12)26(24,25)19-13-6-10-20(11-7-13)16-17-8-3-9-18-16/h2-5,8-9,13,19H,6-7,10-11H2,1H3. The topological polar surface area (TPSA) is 118 Å². The molecule has 0 unspecified atom stereocenters. The molecule has 3 rings (SSSR count). The zero-order valence-corrected chi connectivity index (χ0v) is 15.0. The molecule has 9 nitrogen and oxygen atoms in total. The van der Waals surface area contributed by atoms with Crippen LogP contribution in [0.5, 0.6) is 0 Å². The molecule has 0 spiro atoms. The highest BCUT2D eigenvalue weighted by Crippen LogP contribution is 2.25. The van der Waals surface area contributed by atoms with Gasteiger partial charge in [0.1, 0.15) is 0 Å². The zero-order chi connectivity index (χ0) is 18.7. The first-order valence-electron chi connectivity index (χ1n) is 8.17. The highest BCUT2D eigenvalue weighted by Gasteiger charge is 2.28. The lowest BCUT2D eigenvalue weighted by Gasteiger charge is -2.32. The maximum Gasteiger partial charge on any atom is 0.273 e. The minimum atomic E-state index is -3.83. The summed E-state index contributed by atoms with van der Waals surface area (Å²) in [5.41, 5.74) is -0.0657. The first-order chi connectivity index (χ1) is 12.4. The second-order valence-corrected chi connectivity index (χ2v) is 7.77. The van der Waals surface area contributed by atoms with Gasteiger partial charge in [0.2, 0.25) is 16.0 Å². The van der Waals surface area contributed by atoms with E-state index in [9.17, 15) is 18.5 Å². The molecule has 2 aromatic rings. The van der Waals surface area contributed by atoms with Gasteiger partial charge in [-0.15, -0.1) is 0 Å². The second kappa shape index (κ2) is 7.34. The van der Waals surface area contributed by atoms with Gasteiger partial charge < -0.3 is 4.90 Å². The maximum absolute atomic E-state index is 12.7. The molecule has 0 aliphatic carbocycles. The number of aromatic nitrogens is 2. The molecule has 0 bridgehead atoms. The fourth-order valence-corrected chi connectivity index (χ4v) is 4.59. The van der Waals surface area contributed by atoms with Gasteiger partial charge in [-0.1, -0.05) is 6.07 Å². The van der Waals surface area contributed by atoms with E-state index in [0.717, 1.165) is 0 Å². The minimum Gasteiger partial charge on any atom is -0.341 e. The molecule has 10 heteroatoms. The molecule has 1 N–H and O–H groups in total. The Morgan fingerprint density at radius 1 is 1.19 bits per heavy atom. The number of benzene rings is 1. The normalized spacial score (nSPS) is 15.8. The van der Waals surface area contributed by atoms with Crippen LogP contribution >= 0.6 is 0 Å². The molecule has 0 amide bonds. The van der Waals surface area contributed by atoms with Crippen molar-refractivity contribution in [3.05, 3.63) is 52.3 Å². The molecular formula is C16H19N5O4S. The van der Waals surface area contributed by atoms with Gasteiger partial charge in [-0.2, -0.15) is 0 Å². The van der Waals surface area contributed by atoms with Crippen molar-refractivity contribution in [2.75, 3.05) is 18.0 Å². The van der Waals surface area contributed by atoms with Crippen LogP contribution in [0.25, 0.3) is 0 Å². The van der Waals surface area contributed by atoms with Crippen molar-refractivity contribution in [2.45, 2.75) is 30.7 Å². The Morgan fingerprint density at radius 2 is 1.85 bits per heavy atom. The van der Waals surface area contributed by atoms with Crippen LogP contribution in [0.1, 0.15) is 18.4 Å². The van der Waals surface area contributed by atoms with Crippen LogP contribution in [0.15, 0.2) is 41.6 Å². The first kappa shape index (κ1) is 18.2. The van der Waals surface area contributed by atoms with E-state index in [0.29, 0.717) is 31.9 Å². The lowest BCUT2D eigenvalue weighted by molar-refractivity contribution is -0.385. The van der Waals surface area contributed by atoms with E-state index in [1.165, 1.54) is 25.1 Å². The van der Waals surface area contributed by atoms with Crippen molar-refractivity contribution in [3.63, 3.8) is 0 Å². The van der Waals surface area contributed by atoms with Crippen molar-refractivity contribution in [1.29, 1.82) is 0 Å². The Morgan fingerprint density at radius 3 is 2.46 bits per heavy atom. The van der Waals surface area contributed by atoms with E-state index >= 15 is 0 Å². The smallest absolute Gasteiger partial charge is 0.273 e. The van der Waals surface area contributed by atoms with Crippen LogP contribution < -0.4 is 9.62 Å². The summed E-state index contributed by atoms with van der Waals surface area (Å²) < 4.78 is 28.0. The second-order valence-electron chi connectivity index (χ2n) is 6.09. The van der Waals surface area contributed by atoms with Crippen molar-refractivity contribution in [3.8, 4) is 0 Å². The van der Waals surface area contributed by atoms with Gasteiger partial charge in [-0.05, 0) is 31.9 Å². The summed E-state index contributed by atoms with van der Waals surface area (Å²) in [6.07, 6.45) is 4.54. The number of nitro benzene ring substituents is 1. The monoisotopic (exact) mass is 377 g/mol. The molecule has 138 valence electrons. The number of nitrogens with one attached hydrogen (secondary N) is 1. The van der Waals surface area contributed by atoms with E-state index < -0.39 is 14.9 Å². The Bertz CT molecular complexity index is 896. The molecule has 2 heterocycles. The van der Waals surface area contributed by atoms with Crippen molar-refractivity contribution >= 4 is 21.7 Å². The van der Waals surface area contributed by atoms with E-state index in [1.54, 1.807) is 18.5 Å². The molecule has 1 aliphatic heterocycles. The number of nitro groups is 1. The average Bonchev–Trinajstić information content (AvgIpc) is 2.62. The van der Waals surface area contributed by atoms with Crippen LogP contribution in [0.4, 0.5) is 11.6 Å². The number of hydrogen-bond acceptors (Lipinski definition) is 7. The number of anilines is 1. The zero-order valence-electron chi connectivity index (χ0n) is 14.2. The van der Waals surface area contributed by atoms with Crippen molar-refractivity contribution < 1.29 is 13.3 Å². The molecule has 0 radical (unpaired) electrons. The van der Waals surface area contributed by atoms with Crippen LogP contribution in [-0.4, -0.2) is 42.4 Å². The van der Waals surface area contributed by atoms with Crippen LogP contribution in [-0.2, 0) is 10.0 Å². The Hall–Kier alpha value is -2.59. The quantitative estimate of drug-likeness (QED) is 0.621.